The number of benzene rings is 3. The molecule has 0 fully saturated rings. The van der Waals surface area contributed by atoms with Crippen molar-refractivity contribution in [2.45, 2.75) is 18.6 Å². The Morgan fingerprint density at radius 3 is 2.25 bits per heavy atom. The first-order valence-corrected chi connectivity index (χ1v) is 9.26. The highest BCUT2D eigenvalue weighted by Gasteiger charge is 2.37. The van der Waals surface area contributed by atoms with Crippen LogP contribution in [0.1, 0.15) is 27.6 Å². The lowest BCUT2D eigenvalue weighted by Gasteiger charge is -2.34. The summed E-state index contributed by atoms with van der Waals surface area (Å²) < 4.78 is 37.9. The molecule has 0 saturated carbocycles. The molecule has 0 saturated heterocycles. The van der Waals surface area contributed by atoms with Crippen LogP contribution in [-0.2, 0) is 11.2 Å². The van der Waals surface area contributed by atoms with Gasteiger partial charge in [-0.15, -0.1) is 0 Å². The molecule has 0 spiro atoms. The van der Waals surface area contributed by atoms with E-state index in [0.29, 0.717) is 6.07 Å². The number of halogens is 2. The van der Waals surface area contributed by atoms with E-state index in [-0.39, 0.29) is 40.4 Å². The van der Waals surface area contributed by atoms with E-state index in [2.05, 4.69) is 0 Å². The van der Waals surface area contributed by atoms with Crippen LogP contribution in [0, 0.1) is 11.6 Å². The summed E-state index contributed by atoms with van der Waals surface area (Å²) >= 11 is 0. The summed E-state index contributed by atoms with van der Waals surface area (Å²) in [5.41, 5.74) is 0.0171. The highest BCUT2D eigenvalue weighted by molar-refractivity contribution is 5.89. The minimum Gasteiger partial charge on any atom is -0.508 e. The van der Waals surface area contributed by atoms with E-state index < -0.39 is 47.1 Å². The molecule has 2 atom stereocenters. The van der Waals surface area contributed by atoms with Gasteiger partial charge in [0.25, 0.3) is 0 Å². The van der Waals surface area contributed by atoms with E-state index >= 15 is 0 Å². The molecule has 5 N–H and O–H groups in total. The predicted octanol–water partition coefficient (Wildman–Crippen LogP) is 3.39. The minimum absolute atomic E-state index is 0.0553. The third kappa shape index (κ3) is 3.78. The van der Waals surface area contributed by atoms with Crippen LogP contribution in [-0.4, -0.2) is 37.6 Å². The number of esters is 1. The fourth-order valence-electron chi connectivity index (χ4n) is 3.45. The largest absolute Gasteiger partial charge is 0.508 e. The molecule has 8 nitrogen and oxygen atoms in total. The van der Waals surface area contributed by atoms with Gasteiger partial charge in [0.2, 0.25) is 0 Å². The number of rotatable bonds is 3. The van der Waals surface area contributed by atoms with Crippen LogP contribution in [0.5, 0.6) is 34.5 Å². The summed E-state index contributed by atoms with van der Waals surface area (Å²) in [6.07, 6.45) is -2.46. The van der Waals surface area contributed by atoms with Crippen LogP contribution in [0.25, 0.3) is 0 Å². The van der Waals surface area contributed by atoms with Crippen molar-refractivity contribution in [3.05, 3.63) is 70.8 Å². The van der Waals surface area contributed by atoms with Crippen LogP contribution in [0.3, 0.4) is 0 Å². The number of carbonyl (C=O) groups is 1. The molecule has 1 aliphatic rings. The first-order chi connectivity index (χ1) is 15.1. The highest BCUT2D eigenvalue weighted by Crippen LogP contribution is 2.45. The molecule has 1 heterocycles. The SMILES string of the molecule is O=C(OC1Cc2c(O)cc(O)cc2O[C@H]1c1cc(O)c(O)c(O)c1)c1ccc(F)c(F)c1. The lowest BCUT2D eigenvalue weighted by atomic mass is 9.93. The number of phenols is 5. The Kier molecular flexibility index (Phi) is 5.13. The number of phenolic OH excluding ortho intramolecular Hbond substituents is 5. The monoisotopic (exact) mass is 446 g/mol. The molecular weight excluding hydrogens is 430 g/mol. The fourth-order valence-corrected chi connectivity index (χ4v) is 3.45. The van der Waals surface area contributed by atoms with Crippen LogP contribution >= 0.6 is 0 Å². The standard InChI is InChI=1S/C22H16F2O8/c23-13-2-1-9(3-14(13)24)22(30)32-19-8-12-15(26)6-11(25)7-18(12)31-21(19)10-4-16(27)20(29)17(28)5-10/h1-7,19,21,25-29H,8H2/t19?,21-/m0/s1. The first-order valence-electron chi connectivity index (χ1n) is 9.26. The van der Waals surface area contributed by atoms with Gasteiger partial charge < -0.3 is 35.0 Å². The fraction of sp³-hybridized carbons (Fsp3) is 0.136. The molecule has 3 aromatic rings. The van der Waals surface area contributed by atoms with E-state index in [9.17, 15) is 39.1 Å². The molecule has 1 unspecified atom stereocenters. The molecule has 10 heteroatoms. The molecule has 4 rings (SSSR count). The highest BCUT2D eigenvalue weighted by atomic mass is 19.2. The Bertz CT molecular complexity index is 1200. The maximum Gasteiger partial charge on any atom is 0.338 e. The second-order valence-electron chi connectivity index (χ2n) is 7.16. The third-order valence-electron chi connectivity index (χ3n) is 5.00. The van der Waals surface area contributed by atoms with Gasteiger partial charge in [0.15, 0.2) is 35.0 Å². The molecule has 0 amide bonds. The zero-order chi connectivity index (χ0) is 23.2. The van der Waals surface area contributed by atoms with Crippen molar-refractivity contribution >= 4 is 5.97 Å². The summed E-state index contributed by atoms with van der Waals surface area (Å²) in [7, 11) is 0. The molecule has 3 aromatic carbocycles. The Hall–Kier alpha value is -4.21. The number of aromatic hydroxyl groups is 5. The van der Waals surface area contributed by atoms with E-state index in [1.165, 1.54) is 6.07 Å². The van der Waals surface area contributed by atoms with Crippen molar-refractivity contribution in [3.8, 4) is 34.5 Å². The summed E-state index contributed by atoms with van der Waals surface area (Å²) in [5, 5.41) is 49.3. The zero-order valence-electron chi connectivity index (χ0n) is 16.1. The van der Waals surface area contributed by atoms with Gasteiger partial charge in [0.05, 0.1) is 5.56 Å². The van der Waals surface area contributed by atoms with E-state index in [1.807, 2.05) is 0 Å². The molecule has 0 aromatic heterocycles. The number of hydrogen-bond donors (Lipinski definition) is 5. The van der Waals surface area contributed by atoms with Gasteiger partial charge in [0, 0.05) is 29.7 Å². The Labute approximate surface area is 179 Å². The molecule has 166 valence electrons. The number of hydrogen-bond acceptors (Lipinski definition) is 8. The van der Waals surface area contributed by atoms with E-state index in [1.54, 1.807) is 0 Å². The summed E-state index contributed by atoms with van der Waals surface area (Å²) in [5.74, 6) is -6.08. The van der Waals surface area contributed by atoms with Crippen molar-refractivity contribution in [2.24, 2.45) is 0 Å². The lowest BCUT2D eigenvalue weighted by Crippen LogP contribution is -2.34. The van der Waals surface area contributed by atoms with Crippen molar-refractivity contribution in [3.63, 3.8) is 0 Å². The summed E-state index contributed by atoms with van der Waals surface area (Å²) in [4.78, 5) is 12.6. The quantitative estimate of drug-likeness (QED) is 0.305. The smallest absolute Gasteiger partial charge is 0.338 e. The zero-order valence-corrected chi connectivity index (χ0v) is 16.1. The van der Waals surface area contributed by atoms with Crippen molar-refractivity contribution in [1.29, 1.82) is 0 Å². The first kappa shape index (κ1) is 21.0. The Balaban J connectivity index is 1.74. The average Bonchev–Trinajstić information content (AvgIpc) is 2.73. The van der Waals surface area contributed by atoms with Crippen LogP contribution in [0.4, 0.5) is 8.78 Å². The van der Waals surface area contributed by atoms with Gasteiger partial charge in [-0.3, -0.25) is 0 Å². The van der Waals surface area contributed by atoms with E-state index in [0.717, 1.165) is 30.3 Å². The van der Waals surface area contributed by atoms with Gasteiger partial charge >= 0.3 is 5.97 Å². The molecule has 1 aliphatic heterocycles. The number of fused-ring (bicyclic) bond motifs is 1. The van der Waals surface area contributed by atoms with Gasteiger partial charge in [-0.1, -0.05) is 0 Å². The van der Waals surface area contributed by atoms with Crippen LogP contribution in [0.15, 0.2) is 42.5 Å². The van der Waals surface area contributed by atoms with Gasteiger partial charge in [-0.25, -0.2) is 13.6 Å². The topological polar surface area (TPSA) is 137 Å². The average molecular weight is 446 g/mol. The number of carbonyl (C=O) groups excluding carboxylic acids is 1. The molecule has 32 heavy (non-hydrogen) atoms. The Morgan fingerprint density at radius 1 is 0.906 bits per heavy atom. The van der Waals surface area contributed by atoms with Crippen molar-refractivity contribution in [2.75, 3.05) is 0 Å². The minimum atomic E-state index is -1.25. The third-order valence-corrected chi connectivity index (χ3v) is 5.00. The molecular formula is C22H16F2O8. The molecule has 0 aliphatic carbocycles. The van der Waals surface area contributed by atoms with E-state index in [4.69, 9.17) is 9.47 Å². The Morgan fingerprint density at radius 2 is 1.59 bits per heavy atom. The summed E-state index contributed by atoms with van der Waals surface area (Å²) in [6.45, 7) is 0. The summed E-state index contributed by atoms with van der Waals surface area (Å²) in [6, 6.07) is 6.89. The van der Waals surface area contributed by atoms with Gasteiger partial charge in [-0.05, 0) is 30.3 Å². The predicted molar refractivity (Wildman–Crippen MR) is 104 cm³/mol. The second kappa shape index (κ2) is 7.80. The van der Waals surface area contributed by atoms with Crippen LogP contribution < -0.4 is 4.74 Å². The van der Waals surface area contributed by atoms with Gasteiger partial charge in [0.1, 0.15) is 23.4 Å². The maximum absolute atomic E-state index is 13.5. The maximum atomic E-state index is 13.5. The van der Waals surface area contributed by atoms with Crippen LogP contribution in [0.2, 0.25) is 0 Å². The number of ether oxygens (including phenoxy) is 2. The second-order valence-corrected chi connectivity index (χ2v) is 7.16. The lowest BCUT2D eigenvalue weighted by molar-refractivity contribution is -0.0189. The van der Waals surface area contributed by atoms with Crippen molar-refractivity contribution < 1.29 is 48.6 Å². The van der Waals surface area contributed by atoms with Gasteiger partial charge in [-0.2, -0.15) is 0 Å². The molecule has 0 radical (unpaired) electrons. The normalized spacial score (nSPS) is 17.3. The van der Waals surface area contributed by atoms with Crippen molar-refractivity contribution in [1.82, 2.24) is 0 Å². The molecule has 0 bridgehead atoms.